The minimum atomic E-state index is -4.47. The predicted octanol–water partition coefficient (Wildman–Crippen LogP) is 1.97. The second-order valence-electron chi connectivity index (χ2n) is 4.62. The molecule has 3 rings (SSSR count). The third kappa shape index (κ3) is 2.40. The molecule has 0 saturated heterocycles. The predicted molar refractivity (Wildman–Crippen MR) is 75.4 cm³/mol. The molecule has 0 amide bonds. The van der Waals surface area contributed by atoms with Crippen LogP contribution in [0.1, 0.15) is 31.8 Å². The molecule has 0 atom stereocenters. The molecule has 0 bridgehead atoms. The summed E-state index contributed by atoms with van der Waals surface area (Å²) in [4.78, 5) is 42.5. The molecule has 2 aromatic rings. The van der Waals surface area contributed by atoms with E-state index < -0.39 is 7.75 Å². The third-order valence-electron chi connectivity index (χ3n) is 3.20. The van der Waals surface area contributed by atoms with E-state index in [0.29, 0.717) is 11.1 Å². The molecular weight excluding hydrogens is 293 g/mol. The summed E-state index contributed by atoms with van der Waals surface area (Å²) in [6, 6.07) is 10.5. The van der Waals surface area contributed by atoms with Crippen molar-refractivity contribution in [2.75, 3.05) is 5.09 Å². The second kappa shape index (κ2) is 4.63. The molecule has 0 aromatic heterocycles. The summed E-state index contributed by atoms with van der Waals surface area (Å²) in [6.45, 7) is 0. The van der Waals surface area contributed by atoms with Crippen LogP contribution in [0.3, 0.4) is 0 Å². The first-order valence-corrected chi connectivity index (χ1v) is 7.64. The summed E-state index contributed by atoms with van der Waals surface area (Å²) in [5.74, 6) is -0.613. The molecule has 21 heavy (non-hydrogen) atoms. The number of benzene rings is 2. The molecule has 0 fully saturated rings. The zero-order valence-corrected chi connectivity index (χ0v) is 11.5. The monoisotopic (exact) mass is 303 g/mol. The standard InChI is InChI=1S/C14H10NO5P/c16-13-9-3-1-2-4-10(9)14(17)12-7-8(5-6-11(12)13)15-21(18,19)20/h1-7H,(H3,15,18,19,20). The van der Waals surface area contributed by atoms with E-state index in [4.69, 9.17) is 9.79 Å². The topological polar surface area (TPSA) is 104 Å². The van der Waals surface area contributed by atoms with Crippen molar-refractivity contribution in [3.63, 3.8) is 0 Å². The van der Waals surface area contributed by atoms with E-state index in [0.717, 1.165) is 0 Å². The minimum Gasteiger partial charge on any atom is -0.308 e. The number of rotatable bonds is 2. The van der Waals surface area contributed by atoms with Gasteiger partial charge in [-0.1, -0.05) is 24.3 Å². The van der Waals surface area contributed by atoms with Crippen molar-refractivity contribution in [2.24, 2.45) is 0 Å². The fourth-order valence-electron chi connectivity index (χ4n) is 2.34. The largest absolute Gasteiger partial charge is 0.427 e. The smallest absolute Gasteiger partial charge is 0.308 e. The molecule has 2 aromatic carbocycles. The number of fused-ring (bicyclic) bond motifs is 2. The molecule has 0 heterocycles. The lowest BCUT2D eigenvalue weighted by atomic mass is 9.84. The van der Waals surface area contributed by atoms with Crippen molar-refractivity contribution in [3.05, 3.63) is 64.7 Å². The van der Waals surface area contributed by atoms with Crippen LogP contribution in [0, 0.1) is 0 Å². The zero-order valence-electron chi connectivity index (χ0n) is 10.6. The summed E-state index contributed by atoms with van der Waals surface area (Å²) in [7, 11) is -4.47. The van der Waals surface area contributed by atoms with E-state index in [-0.39, 0.29) is 28.4 Å². The maximum absolute atomic E-state index is 12.4. The molecule has 3 N–H and O–H groups in total. The molecule has 0 spiro atoms. The Labute approximate surface area is 119 Å². The van der Waals surface area contributed by atoms with Crippen molar-refractivity contribution in [1.29, 1.82) is 0 Å². The molecule has 1 aliphatic carbocycles. The van der Waals surface area contributed by atoms with E-state index >= 15 is 0 Å². The van der Waals surface area contributed by atoms with Gasteiger partial charge < -0.3 is 9.79 Å². The highest BCUT2D eigenvalue weighted by molar-refractivity contribution is 7.53. The van der Waals surface area contributed by atoms with Gasteiger partial charge in [0.1, 0.15) is 0 Å². The number of hydrogen-bond acceptors (Lipinski definition) is 3. The Morgan fingerprint density at radius 3 is 1.90 bits per heavy atom. The molecule has 1 aliphatic rings. The Balaban J connectivity index is 2.13. The molecule has 6 nitrogen and oxygen atoms in total. The van der Waals surface area contributed by atoms with Crippen LogP contribution in [0.4, 0.5) is 5.69 Å². The average molecular weight is 303 g/mol. The van der Waals surface area contributed by atoms with Gasteiger partial charge in [-0.25, -0.2) is 4.57 Å². The van der Waals surface area contributed by atoms with Gasteiger partial charge >= 0.3 is 7.75 Å². The fraction of sp³-hybridized carbons (Fsp3) is 0. The Hall–Kier alpha value is -2.27. The summed E-state index contributed by atoms with van der Waals surface area (Å²) >= 11 is 0. The zero-order chi connectivity index (χ0) is 15.2. The van der Waals surface area contributed by atoms with Gasteiger partial charge in [0.15, 0.2) is 11.6 Å². The quantitative estimate of drug-likeness (QED) is 0.625. The molecule has 7 heteroatoms. The van der Waals surface area contributed by atoms with Crippen LogP contribution < -0.4 is 5.09 Å². The lowest BCUT2D eigenvalue weighted by Crippen LogP contribution is -2.20. The summed E-state index contributed by atoms with van der Waals surface area (Å²) in [5, 5.41) is 1.99. The maximum Gasteiger partial charge on any atom is 0.427 e. The Bertz CT molecular complexity index is 824. The van der Waals surface area contributed by atoms with Crippen LogP contribution in [0.25, 0.3) is 0 Å². The normalized spacial score (nSPS) is 13.6. The van der Waals surface area contributed by atoms with Gasteiger partial charge in [0.05, 0.1) is 0 Å². The highest BCUT2D eigenvalue weighted by Crippen LogP contribution is 2.37. The highest BCUT2D eigenvalue weighted by Gasteiger charge is 2.29. The van der Waals surface area contributed by atoms with Crippen LogP contribution in [0.5, 0.6) is 0 Å². The number of anilines is 1. The van der Waals surface area contributed by atoms with E-state index in [1.54, 1.807) is 24.3 Å². The van der Waals surface area contributed by atoms with Gasteiger partial charge in [-0.2, -0.15) is 0 Å². The van der Waals surface area contributed by atoms with Crippen molar-refractivity contribution in [2.45, 2.75) is 0 Å². The molecule has 0 saturated carbocycles. The SMILES string of the molecule is O=C1c2ccccc2C(=O)c2cc(NP(=O)(O)O)ccc21. The van der Waals surface area contributed by atoms with Crippen LogP contribution in [0.2, 0.25) is 0 Å². The van der Waals surface area contributed by atoms with Gasteiger partial charge in [-0.3, -0.25) is 14.7 Å². The average Bonchev–Trinajstić information content (AvgIpc) is 2.43. The Morgan fingerprint density at radius 2 is 1.33 bits per heavy atom. The van der Waals surface area contributed by atoms with E-state index in [1.807, 2.05) is 5.09 Å². The van der Waals surface area contributed by atoms with Crippen molar-refractivity contribution < 1.29 is 23.9 Å². The lowest BCUT2D eigenvalue weighted by molar-refractivity contribution is 0.0979. The van der Waals surface area contributed by atoms with Crippen LogP contribution in [-0.2, 0) is 4.57 Å². The first-order valence-electron chi connectivity index (χ1n) is 6.03. The van der Waals surface area contributed by atoms with E-state index in [2.05, 4.69) is 0 Å². The van der Waals surface area contributed by atoms with Gasteiger partial charge in [-0.15, -0.1) is 0 Å². The number of ketones is 2. The lowest BCUT2D eigenvalue weighted by Gasteiger charge is -2.18. The van der Waals surface area contributed by atoms with E-state index in [9.17, 15) is 14.2 Å². The summed E-state index contributed by atoms with van der Waals surface area (Å²) < 4.78 is 10.9. The molecule has 0 radical (unpaired) electrons. The highest BCUT2D eigenvalue weighted by atomic mass is 31.2. The van der Waals surface area contributed by atoms with Crippen LogP contribution >= 0.6 is 7.75 Å². The van der Waals surface area contributed by atoms with Crippen LogP contribution in [-0.4, -0.2) is 21.4 Å². The number of hydrogen-bond donors (Lipinski definition) is 3. The van der Waals surface area contributed by atoms with Gasteiger partial charge in [-0.05, 0) is 18.2 Å². The molecular formula is C14H10NO5P. The van der Waals surface area contributed by atoms with Crippen molar-refractivity contribution in [3.8, 4) is 0 Å². The maximum atomic E-state index is 12.4. The summed E-state index contributed by atoms with van der Waals surface area (Å²) in [6.07, 6.45) is 0. The molecule has 0 unspecified atom stereocenters. The van der Waals surface area contributed by atoms with Gasteiger partial charge in [0, 0.05) is 27.9 Å². The fourth-order valence-corrected chi connectivity index (χ4v) is 2.81. The summed E-state index contributed by atoms with van der Waals surface area (Å²) in [5.41, 5.74) is 1.09. The van der Waals surface area contributed by atoms with E-state index in [1.165, 1.54) is 18.2 Å². The first kappa shape index (κ1) is 13.7. The minimum absolute atomic E-state index is 0.0858. The Morgan fingerprint density at radius 1 is 0.810 bits per heavy atom. The molecule has 106 valence electrons. The Kier molecular flexibility index (Phi) is 3.02. The third-order valence-corrected chi connectivity index (χ3v) is 3.75. The van der Waals surface area contributed by atoms with Crippen molar-refractivity contribution in [1.82, 2.24) is 0 Å². The van der Waals surface area contributed by atoms with Gasteiger partial charge in [0.25, 0.3) is 0 Å². The number of carbonyl (C=O) groups is 2. The molecule has 0 aliphatic heterocycles. The number of carbonyl (C=O) groups excluding carboxylic acids is 2. The van der Waals surface area contributed by atoms with Crippen LogP contribution in [0.15, 0.2) is 42.5 Å². The second-order valence-corrected chi connectivity index (χ2v) is 5.93. The number of nitrogens with one attached hydrogen (secondary N) is 1. The first-order chi connectivity index (χ1) is 9.87. The van der Waals surface area contributed by atoms with Gasteiger partial charge in [0.2, 0.25) is 0 Å². The van der Waals surface area contributed by atoms with Crippen molar-refractivity contribution >= 4 is 25.0 Å².